The number of nitrogens with zero attached hydrogens (tertiary/aromatic N) is 1. The van der Waals surface area contributed by atoms with Crippen molar-refractivity contribution in [3.05, 3.63) is 0 Å². The summed E-state index contributed by atoms with van der Waals surface area (Å²) < 4.78 is 23.7. The first kappa shape index (κ1) is 9.90. The van der Waals surface area contributed by atoms with Crippen molar-refractivity contribution in [2.75, 3.05) is 19.6 Å². The first-order valence-electron chi connectivity index (χ1n) is 4.69. The predicted molar refractivity (Wildman–Crippen MR) is 45.5 cm³/mol. The van der Waals surface area contributed by atoms with Gasteiger partial charge in [-0.25, -0.2) is 8.78 Å². The van der Waals surface area contributed by atoms with Gasteiger partial charge in [-0.1, -0.05) is 6.92 Å². The van der Waals surface area contributed by atoms with Crippen molar-refractivity contribution in [2.24, 2.45) is 5.92 Å². The minimum atomic E-state index is -2.14. The second-order valence-corrected chi connectivity index (χ2v) is 3.73. The Morgan fingerprint density at radius 2 is 2.25 bits per heavy atom. The van der Waals surface area contributed by atoms with Crippen molar-refractivity contribution in [3.8, 4) is 0 Å². The van der Waals surface area contributed by atoms with E-state index in [0.29, 0.717) is 12.5 Å². The van der Waals surface area contributed by atoms with E-state index in [1.165, 1.54) is 12.8 Å². The third-order valence-electron chi connectivity index (χ3n) is 2.40. The fourth-order valence-corrected chi connectivity index (χ4v) is 1.77. The minimum absolute atomic E-state index is 0.0344. The third-order valence-corrected chi connectivity index (χ3v) is 2.40. The van der Waals surface area contributed by atoms with E-state index in [9.17, 15) is 8.78 Å². The molecule has 1 unspecified atom stereocenters. The number of hydrogen-bond acceptors (Lipinski definition) is 1. The summed E-state index contributed by atoms with van der Waals surface area (Å²) in [6.07, 6.45) is 0.324. The zero-order valence-corrected chi connectivity index (χ0v) is 7.60. The van der Waals surface area contributed by atoms with Crippen LogP contribution in [0.1, 0.15) is 26.2 Å². The van der Waals surface area contributed by atoms with Crippen molar-refractivity contribution >= 4 is 0 Å². The number of rotatable bonds is 3. The lowest BCUT2D eigenvalue weighted by Gasteiger charge is -2.30. The minimum Gasteiger partial charge on any atom is -0.303 e. The SMILES string of the molecule is CC1CCCN(CCC(F)F)C1. The third kappa shape index (κ3) is 3.48. The summed E-state index contributed by atoms with van der Waals surface area (Å²) in [5.74, 6) is 0.691. The average Bonchev–Trinajstić information content (AvgIpc) is 2.01. The molecule has 1 nitrogen and oxygen atoms in total. The van der Waals surface area contributed by atoms with Crippen LogP contribution in [0.3, 0.4) is 0 Å². The van der Waals surface area contributed by atoms with E-state index in [-0.39, 0.29) is 6.42 Å². The Labute approximate surface area is 72.7 Å². The van der Waals surface area contributed by atoms with Crippen LogP contribution in [-0.2, 0) is 0 Å². The fraction of sp³-hybridized carbons (Fsp3) is 1.00. The van der Waals surface area contributed by atoms with E-state index in [4.69, 9.17) is 0 Å². The van der Waals surface area contributed by atoms with Crippen LogP contribution < -0.4 is 0 Å². The van der Waals surface area contributed by atoms with Gasteiger partial charge in [0.25, 0.3) is 0 Å². The van der Waals surface area contributed by atoms with Gasteiger partial charge in [-0.05, 0) is 25.3 Å². The topological polar surface area (TPSA) is 3.24 Å². The molecule has 1 heterocycles. The molecule has 3 heteroatoms. The molecule has 0 bridgehead atoms. The van der Waals surface area contributed by atoms with E-state index >= 15 is 0 Å². The Morgan fingerprint density at radius 1 is 1.50 bits per heavy atom. The van der Waals surface area contributed by atoms with Crippen LogP contribution in [0.15, 0.2) is 0 Å². The van der Waals surface area contributed by atoms with Gasteiger partial charge < -0.3 is 4.90 Å². The summed E-state index contributed by atoms with van der Waals surface area (Å²) in [6.45, 7) is 4.78. The van der Waals surface area contributed by atoms with Gasteiger partial charge in [0.15, 0.2) is 0 Å². The second kappa shape index (κ2) is 4.75. The van der Waals surface area contributed by atoms with E-state index in [0.717, 1.165) is 13.1 Å². The molecular weight excluding hydrogens is 160 g/mol. The van der Waals surface area contributed by atoms with Crippen molar-refractivity contribution in [3.63, 3.8) is 0 Å². The first-order valence-corrected chi connectivity index (χ1v) is 4.69. The van der Waals surface area contributed by atoms with Crippen LogP contribution in [0.25, 0.3) is 0 Å². The highest BCUT2D eigenvalue weighted by Crippen LogP contribution is 2.16. The van der Waals surface area contributed by atoms with Crippen LogP contribution >= 0.6 is 0 Å². The molecule has 0 aromatic carbocycles. The van der Waals surface area contributed by atoms with Crippen molar-refractivity contribution < 1.29 is 8.78 Å². The van der Waals surface area contributed by atoms with Gasteiger partial charge in [0.05, 0.1) is 0 Å². The zero-order chi connectivity index (χ0) is 8.97. The smallest absolute Gasteiger partial charge is 0.239 e. The molecular formula is C9H17F2N. The van der Waals surface area contributed by atoms with Gasteiger partial charge in [0.1, 0.15) is 0 Å². The summed E-state index contributed by atoms with van der Waals surface area (Å²) in [4.78, 5) is 2.15. The summed E-state index contributed by atoms with van der Waals surface area (Å²) in [5, 5.41) is 0. The van der Waals surface area contributed by atoms with E-state index < -0.39 is 6.43 Å². The molecule has 1 atom stereocenters. The van der Waals surface area contributed by atoms with Crippen LogP contribution in [0.4, 0.5) is 8.78 Å². The molecule has 0 aromatic rings. The molecule has 0 N–H and O–H groups in total. The molecule has 1 saturated heterocycles. The van der Waals surface area contributed by atoms with Crippen LogP contribution in [0, 0.1) is 5.92 Å². The molecule has 0 aliphatic carbocycles. The largest absolute Gasteiger partial charge is 0.303 e. The Morgan fingerprint density at radius 3 is 2.83 bits per heavy atom. The van der Waals surface area contributed by atoms with Gasteiger partial charge >= 0.3 is 0 Å². The van der Waals surface area contributed by atoms with Gasteiger partial charge in [-0.3, -0.25) is 0 Å². The lowest BCUT2D eigenvalue weighted by molar-refractivity contribution is 0.102. The van der Waals surface area contributed by atoms with E-state index in [2.05, 4.69) is 11.8 Å². The van der Waals surface area contributed by atoms with Gasteiger partial charge in [-0.2, -0.15) is 0 Å². The number of piperidine rings is 1. The molecule has 12 heavy (non-hydrogen) atoms. The molecule has 1 aliphatic rings. The average molecular weight is 177 g/mol. The Hall–Kier alpha value is -0.180. The van der Waals surface area contributed by atoms with E-state index in [1.54, 1.807) is 0 Å². The lowest BCUT2D eigenvalue weighted by atomic mass is 10.0. The number of hydrogen-bond donors (Lipinski definition) is 0. The maximum Gasteiger partial charge on any atom is 0.239 e. The molecule has 0 aromatic heterocycles. The first-order chi connectivity index (χ1) is 5.68. The lowest BCUT2D eigenvalue weighted by Crippen LogP contribution is -2.35. The van der Waals surface area contributed by atoms with Crippen molar-refractivity contribution in [2.45, 2.75) is 32.6 Å². The monoisotopic (exact) mass is 177 g/mol. The molecule has 0 spiro atoms. The van der Waals surface area contributed by atoms with Gasteiger partial charge in [-0.15, -0.1) is 0 Å². The Kier molecular flexibility index (Phi) is 3.92. The van der Waals surface area contributed by atoms with Crippen LogP contribution in [0.2, 0.25) is 0 Å². The molecule has 1 rings (SSSR count). The molecule has 1 aliphatic heterocycles. The quantitative estimate of drug-likeness (QED) is 0.639. The number of likely N-dealkylation sites (tertiary alicyclic amines) is 1. The number of halogens is 2. The van der Waals surface area contributed by atoms with Gasteiger partial charge in [0.2, 0.25) is 6.43 Å². The predicted octanol–water partition coefficient (Wildman–Crippen LogP) is 2.37. The summed E-state index contributed by atoms with van der Waals surface area (Å²) in [6, 6.07) is 0. The van der Waals surface area contributed by atoms with Gasteiger partial charge in [0, 0.05) is 19.5 Å². The normalized spacial score (nSPS) is 26.5. The number of alkyl halides is 2. The Balaban J connectivity index is 2.14. The summed E-state index contributed by atoms with van der Waals surface area (Å²) in [5.41, 5.74) is 0. The highest BCUT2D eigenvalue weighted by atomic mass is 19.3. The standard InChI is InChI=1S/C9H17F2N/c1-8-3-2-5-12(7-8)6-4-9(10)11/h8-9H,2-7H2,1H3. The zero-order valence-electron chi connectivity index (χ0n) is 7.60. The molecule has 72 valence electrons. The summed E-state index contributed by atoms with van der Waals surface area (Å²) >= 11 is 0. The van der Waals surface area contributed by atoms with Crippen molar-refractivity contribution in [1.29, 1.82) is 0 Å². The highest BCUT2D eigenvalue weighted by Gasteiger charge is 2.16. The maximum absolute atomic E-state index is 11.9. The highest BCUT2D eigenvalue weighted by molar-refractivity contribution is 4.69. The molecule has 0 amide bonds. The van der Waals surface area contributed by atoms with Crippen molar-refractivity contribution in [1.82, 2.24) is 4.90 Å². The molecule has 0 saturated carbocycles. The summed E-state index contributed by atoms with van der Waals surface area (Å²) in [7, 11) is 0. The van der Waals surface area contributed by atoms with E-state index in [1.807, 2.05) is 0 Å². The fourth-order valence-electron chi connectivity index (χ4n) is 1.77. The van der Waals surface area contributed by atoms with Crippen LogP contribution in [0.5, 0.6) is 0 Å². The second-order valence-electron chi connectivity index (χ2n) is 3.73. The maximum atomic E-state index is 11.9. The molecule has 0 radical (unpaired) electrons. The Bertz CT molecular complexity index is 128. The molecule has 1 fully saturated rings. The van der Waals surface area contributed by atoms with Crippen LogP contribution in [-0.4, -0.2) is 31.0 Å².